The number of aromatic amines is 1. The molecule has 1 saturated heterocycles. The number of tetrazole rings is 1. The predicted molar refractivity (Wildman–Crippen MR) is 123 cm³/mol. The molecule has 7 heteroatoms. The molecule has 1 aromatic carbocycles. The minimum absolute atomic E-state index is 0.0562. The lowest BCUT2D eigenvalue weighted by molar-refractivity contribution is 0.202. The molecule has 166 valence electrons. The number of nitrogens with zero attached hydrogens (tertiary/aromatic N) is 5. The van der Waals surface area contributed by atoms with Crippen molar-refractivity contribution < 1.29 is 0 Å². The zero-order chi connectivity index (χ0) is 22.2. The molecule has 0 bridgehead atoms. The van der Waals surface area contributed by atoms with Crippen LogP contribution in [0.4, 0.5) is 0 Å². The van der Waals surface area contributed by atoms with Gasteiger partial charge in [0.1, 0.15) is 6.04 Å². The second kappa shape index (κ2) is 8.54. The lowest BCUT2D eigenvalue weighted by Gasteiger charge is -2.32. The van der Waals surface area contributed by atoms with Crippen molar-refractivity contribution >= 4 is 10.9 Å². The summed E-state index contributed by atoms with van der Waals surface area (Å²) in [5, 5.41) is 13.9. The van der Waals surface area contributed by atoms with Crippen LogP contribution in [0.3, 0.4) is 0 Å². The average molecular weight is 423 g/mol. The van der Waals surface area contributed by atoms with Crippen LogP contribution < -0.4 is 5.56 Å². The van der Waals surface area contributed by atoms with Gasteiger partial charge < -0.3 is 4.98 Å². The summed E-state index contributed by atoms with van der Waals surface area (Å²) in [5.41, 5.74) is 3.63. The Morgan fingerprint density at radius 3 is 2.52 bits per heavy atom. The largest absolute Gasteiger partial charge is 0.321 e. The molecule has 0 unspecified atom stereocenters. The number of likely N-dealkylation sites (tertiary alicyclic amines) is 1. The molecule has 0 amide bonds. The number of aromatic nitrogens is 5. The number of hydrogen-bond donors (Lipinski definition) is 1. The number of H-pyrrole nitrogens is 1. The minimum atomic E-state index is -0.270. The molecule has 2 aromatic heterocycles. The average Bonchev–Trinajstić information content (AvgIpc) is 3.09. The van der Waals surface area contributed by atoms with Crippen molar-refractivity contribution in [3.8, 4) is 0 Å². The van der Waals surface area contributed by atoms with E-state index in [4.69, 9.17) is 0 Å². The lowest BCUT2D eigenvalue weighted by Crippen LogP contribution is -2.38. The van der Waals surface area contributed by atoms with Crippen LogP contribution in [0.2, 0.25) is 0 Å². The summed E-state index contributed by atoms with van der Waals surface area (Å²) < 4.78 is 1.92. The summed E-state index contributed by atoms with van der Waals surface area (Å²) in [7, 11) is 0. The fraction of sp³-hybridized carbons (Fsp3) is 0.583. The van der Waals surface area contributed by atoms with Gasteiger partial charge >= 0.3 is 0 Å². The molecule has 0 radical (unpaired) electrons. The highest BCUT2D eigenvalue weighted by atomic mass is 16.1. The van der Waals surface area contributed by atoms with Crippen LogP contribution in [-0.4, -0.2) is 43.2 Å². The molecule has 3 aromatic rings. The highest BCUT2D eigenvalue weighted by Gasteiger charge is 2.34. The predicted octanol–water partition coefficient (Wildman–Crippen LogP) is 4.24. The number of hydrogen-bond acceptors (Lipinski definition) is 5. The van der Waals surface area contributed by atoms with Gasteiger partial charge in [0.2, 0.25) is 0 Å². The van der Waals surface area contributed by atoms with E-state index in [-0.39, 0.29) is 17.1 Å². The molecular formula is C24H34N6O. The molecule has 31 heavy (non-hydrogen) atoms. The van der Waals surface area contributed by atoms with Crippen molar-refractivity contribution in [3.05, 3.63) is 51.1 Å². The quantitative estimate of drug-likeness (QED) is 0.665. The summed E-state index contributed by atoms with van der Waals surface area (Å²) >= 11 is 0. The Morgan fingerprint density at radius 1 is 1.13 bits per heavy atom. The summed E-state index contributed by atoms with van der Waals surface area (Å²) in [6.07, 6.45) is 5.59. The number of rotatable bonds is 5. The number of pyridine rings is 1. The first-order valence-corrected chi connectivity index (χ1v) is 11.5. The zero-order valence-electron chi connectivity index (χ0n) is 19.4. The molecule has 3 heterocycles. The Labute approximate surface area is 183 Å². The van der Waals surface area contributed by atoms with E-state index in [9.17, 15) is 4.79 Å². The molecule has 1 N–H and O–H groups in total. The molecule has 0 aliphatic carbocycles. The standard InChI is InChI=1S/C24H34N6O/c1-6-24(4,5)30-22(26-27-28-30)21(29-13-9-7-8-10-14-29)19-15-18-12-11-16(2)17(3)20(18)25-23(19)31/h11-12,15,21H,6-10,13-14H2,1-5H3,(H,25,31)/t21-/m0/s1. The van der Waals surface area contributed by atoms with Crippen molar-refractivity contribution in [2.45, 2.75) is 78.3 Å². The molecular weight excluding hydrogens is 388 g/mol. The fourth-order valence-electron chi connectivity index (χ4n) is 4.54. The van der Waals surface area contributed by atoms with Gasteiger partial charge in [-0.3, -0.25) is 9.69 Å². The molecule has 1 aliphatic heterocycles. The van der Waals surface area contributed by atoms with Gasteiger partial charge in [-0.15, -0.1) is 5.10 Å². The van der Waals surface area contributed by atoms with Crippen molar-refractivity contribution in [2.75, 3.05) is 13.1 Å². The van der Waals surface area contributed by atoms with Crippen LogP contribution >= 0.6 is 0 Å². The van der Waals surface area contributed by atoms with Crippen LogP contribution in [0, 0.1) is 13.8 Å². The highest BCUT2D eigenvalue weighted by Crippen LogP contribution is 2.32. The van der Waals surface area contributed by atoms with Gasteiger partial charge in [0.05, 0.1) is 11.1 Å². The maximum absolute atomic E-state index is 13.4. The smallest absolute Gasteiger partial charge is 0.253 e. The van der Waals surface area contributed by atoms with Gasteiger partial charge in [-0.25, -0.2) is 4.68 Å². The first-order valence-electron chi connectivity index (χ1n) is 11.5. The fourth-order valence-corrected chi connectivity index (χ4v) is 4.54. The summed E-state index contributed by atoms with van der Waals surface area (Å²) in [6, 6.07) is 5.99. The highest BCUT2D eigenvalue weighted by molar-refractivity contribution is 5.83. The van der Waals surface area contributed by atoms with Crippen LogP contribution in [-0.2, 0) is 5.54 Å². The van der Waals surface area contributed by atoms with Gasteiger partial charge in [-0.1, -0.05) is 31.9 Å². The van der Waals surface area contributed by atoms with Crippen LogP contribution in [0.25, 0.3) is 10.9 Å². The Bertz CT molecular complexity index is 1120. The third-order valence-corrected chi connectivity index (χ3v) is 7.06. The van der Waals surface area contributed by atoms with E-state index < -0.39 is 0 Å². The first kappa shape index (κ1) is 21.7. The van der Waals surface area contributed by atoms with E-state index in [2.05, 4.69) is 72.2 Å². The van der Waals surface area contributed by atoms with Crippen molar-refractivity contribution in [1.29, 1.82) is 0 Å². The summed E-state index contributed by atoms with van der Waals surface area (Å²) in [6.45, 7) is 12.4. The summed E-state index contributed by atoms with van der Waals surface area (Å²) in [4.78, 5) is 19.0. The van der Waals surface area contributed by atoms with Crippen LogP contribution in [0.1, 0.15) is 81.4 Å². The van der Waals surface area contributed by atoms with E-state index in [0.717, 1.165) is 60.2 Å². The monoisotopic (exact) mass is 422 g/mol. The second-order valence-corrected chi connectivity index (χ2v) is 9.49. The van der Waals surface area contributed by atoms with E-state index in [1.165, 1.54) is 18.4 Å². The van der Waals surface area contributed by atoms with Crippen molar-refractivity contribution in [1.82, 2.24) is 30.1 Å². The summed E-state index contributed by atoms with van der Waals surface area (Å²) in [5.74, 6) is 0.752. The van der Waals surface area contributed by atoms with E-state index in [1.54, 1.807) is 0 Å². The molecule has 0 saturated carbocycles. The number of nitrogens with one attached hydrogen (secondary N) is 1. The van der Waals surface area contributed by atoms with Gasteiger partial charge in [-0.05, 0) is 93.1 Å². The molecule has 1 fully saturated rings. The Kier molecular flexibility index (Phi) is 5.97. The molecule has 1 atom stereocenters. The molecule has 4 rings (SSSR count). The van der Waals surface area contributed by atoms with Crippen LogP contribution in [0.5, 0.6) is 0 Å². The molecule has 7 nitrogen and oxygen atoms in total. The van der Waals surface area contributed by atoms with Gasteiger partial charge in [0.15, 0.2) is 5.82 Å². The maximum Gasteiger partial charge on any atom is 0.253 e. The topological polar surface area (TPSA) is 79.7 Å². The van der Waals surface area contributed by atoms with Gasteiger partial charge in [0.25, 0.3) is 5.56 Å². The maximum atomic E-state index is 13.4. The van der Waals surface area contributed by atoms with E-state index in [0.29, 0.717) is 0 Å². The SMILES string of the molecule is CCC(C)(C)n1nnnc1[C@H](c1cc2ccc(C)c(C)c2[nH]c1=O)N1CCCCCC1. The minimum Gasteiger partial charge on any atom is -0.321 e. The Balaban J connectivity index is 1.92. The van der Waals surface area contributed by atoms with Crippen molar-refractivity contribution in [2.24, 2.45) is 0 Å². The Morgan fingerprint density at radius 2 is 1.84 bits per heavy atom. The van der Waals surface area contributed by atoms with E-state index >= 15 is 0 Å². The third kappa shape index (κ3) is 4.03. The van der Waals surface area contributed by atoms with Gasteiger partial charge in [0, 0.05) is 5.56 Å². The molecule has 0 spiro atoms. The number of benzene rings is 1. The van der Waals surface area contributed by atoms with Crippen LogP contribution in [0.15, 0.2) is 23.0 Å². The normalized spacial score (nSPS) is 17.1. The number of fused-ring (bicyclic) bond motifs is 1. The first-order chi connectivity index (χ1) is 14.8. The van der Waals surface area contributed by atoms with Gasteiger partial charge in [-0.2, -0.15) is 0 Å². The second-order valence-electron chi connectivity index (χ2n) is 9.49. The third-order valence-electron chi connectivity index (χ3n) is 7.06. The lowest BCUT2D eigenvalue weighted by atomic mass is 9.98. The zero-order valence-corrected chi connectivity index (χ0v) is 19.4. The number of aryl methyl sites for hydroxylation is 2. The van der Waals surface area contributed by atoms with E-state index in [1.807, 2.05) is 10.7 Å². The molecule has 1 aliphatic rings. The Hall–Kier alpha value is -2.54. The van der Waals surface area contributed by atoms with Crippen molar-refractivity contribution in [3.63, 3.8) is 0 Å².